The molecule has 0 bridgehead atoms. The number of hydrogen-bond acceptors (Lipinski definition) is 3. The monoisotopic (exact) mass is 236 g/mol. The van der Waals surface area contributed by atoms with E-state index in [1.165, 1.54) is 0 Å². The predicted octanol–water partition coefficient (Wildman–Crippen LogP) is 1.56. The van der Waals surface area contributed by atoms with Gasteiger partial charge in [0.05, 0.1) is 5.56 Å². The Kier molecular flexibility index (Phi) is 4.12. The number of nitrogens with two attached hydrogens (primary N) is 1. The zero-order valence-corrected chi connectivity index (χ0v) is 10.6. The van der Waals surface area contributed by atoms with Crippen LogP contribution in [0.15, 0.2) is 18.2 Å². The molecule has 0 heterocycles. The van der Waals surface area contributed by atoms with Crippen molar-refractivity contribution in [2.24, 2.45) is 5.73 Å². The van der Waals surface area contributed by atoms with Gasteiger partial charge >= 0.3 is 0 Å². The number of aryl methyl sites for hydroxylation is 1. The normalized spacial score (nSPS) is 14.1. The Hall–Kier alpha value is -1.55. The van der Waals surface area contributed by atoms with E-state index in [2.05, 4.69) is 5.32 Å². The third-order valence-corrected chi connectivity index (χ3v) is 3.13. The number of carbonyl (C=O) groups excluding carboxylic acids is 1. The molecular weight excluding hydrogens is 216 g/mol. The highest BCUT2D eigenvalue weighted by Crippen LogP contribution is 2.22. The molecule has 0 saturated heterocycles. The van der Waals surface area contributed by atoms with Gasteiger partial charge in [-0.2, -0.15) is 0 Å². The Labute approximate surface area is 102 Å². The Morgan fingerprint density at radius 1 is 1.53 bits per heavy atom. The lowest BCUT2D eigenvalue weighted by atomic mass is 9.98. The molecule has 1 aromatic carbocycles. The summed E-state index contributed by atoms with van der Waals surface area (Å²) in [5.41, 5.74) is 6.17. The number of para-hydroxylation sites is 1. The first kappa shape index (κ1) is 13.5. The molecule has 0 aliphatic heterocycles. The van der Waals surface area contributed by atoms with E-state index in [1.807, 2.05) is 13.8 Å². The molecule has 1 rings (SSSR count). The number of hydrogen-bond donors (Lipinski definition) is 3. The standard InChI is InChI=1S/C13H20N2O2/c1-4-13(3,8-14)15-12(17)10-7-5-6-9(2)11(10)16/h5-7,16H,4,8,14H2,1-3H3,(H,15,17). The summed E-state index contributed by atoms with van der Waals surface area (Å²) in [5, 5.41) is 12.7. The number of benzene rings is 1. The molecular formula is C13H20N2O2. The summed E-state index contributed by atoms with van der Waals surface area (Å²) in [6.45, 7) is 5.97. The van der Waals surface area contributed by atoms with Crippen molar-refractivity contribution in [3.63, 3.8) is 0 Å². The van der Waals surface area contributed by atoms with Crippen LogP contribution < -0.4 is 11.1 Å². The highest BCUT2D eigenvalue weighted by Gasteiger charge is 2.24. The van der Waals surface area contributed by atoms with Crippen LogP contribution in [-0.4, -0.2) is 23.1 Å². The van der Waals surface area contributed by atoms with Crippen molar-refractivity contribution in [1.82, 2.24) is 5.32 Å². The summed E-state index contributed by atoms with van der Waals surface area (Å²) in [6, 6.07) is 5.11. The van der Waals surface area contributed by atoms with Crippen LogP contribution >= 0.6 is 0 Å². The van der Waals surface area contributed by atoms with E-state index in [-0.39, 0.29) is 17.2 Å². The molecule has 0 radical (unpaired) electrons. The van der Waals surface area contributed by atoms with Crippen molar-refractivity contribution < 1.29 is 9.90 Å². The van der Waals surface area contributed by atoms with Gasteiger partial charge in [-0.05, 0) is 31.9 Å². The SMILES string of the molecule is CCC(C)(CN)NC(=O)c1cccc(C)c1O. The maximum absolute atomic E-state index is 12.0. The number of nitrogens with one attached hydrogen (secondary N) is 1. The van der Waals surface area contributed by atoms with Gasteiger partial charge in [-0.25, -0.2) is 0 Å². The predicted molar refractivity (Wildman–Crippen MR) is 68.1 cm³/mol. The molecule has 0 spiro atoms. The lowest BCUT2D eigenvalue weighted by molar-refractivity contribution is 0.0903. The third kappa shape index (κ3) is 2.97. The third-order valence-electron chi connectivity index (χ3n) is 3.13. The first-order chi connectivity index (χ1) is 7.93. The highest BCUT2D eigenvalue weighted by molar-refractivity contribution is 5.97. The summed E-state index contributed by atoms with van der Waals surface area (Å²) < 4.78 is 0. The van der Waals surface area contributed by atoms with E-state index in [4.69, 9.17) is 5.73 Å². The van der Waals surface area contributed by atoms with Gasteiger partial charge < -0.3 is 16.2 Å². The Morgan fingerprint density at radius 2 is 2.18 bits per heavy atom. The number of rotatable bonds is 4. The summed E-state index contributed by atoms with van der Waals surface area (Å²) >= 11 is 0. The summed E-state index contributed by atoms with van der Waals surface area (Å²) in [6.07, 6.45) is 0.738. The van der Waals surface area contributed by atoms with Crippen LogP contribution in [0.3, 0.4) is 0 Å². The van der Waals surface area contributed by atoms with Gasteiger partial charge in [0.25, 0.3) is 5.91 Å². The number of amides is 1. The summed E-state index contributed by atoms with van der Waals surface area (Å²) in [7, 11) is 0. The highest BCUT2D eigenvalue weighted by atomic mass is 16.3. The van der Waals surface area contributed by atoms with Gasteiger partial charge in [0.1, 0.15) is 5.75 Å². The van der Waals surface area contributed by atoms with Gasteiger partial charge in [0.2, 0.25) is 0 Å². The molecule has 0 fully saturated rings. The molecule has 0 aliphatic carbocycles. The molecule has 94 valence electrons. The maximum Gasteiger partial charge on any atom is 0.255 e. The van der Waals surface area contributed by atoms with Crippen LogP contribution in [0.2, 0.25) is 0 Å². The van der Waals surface area contributed by atoms with Crippen molar-refractivity contribution in [2.75, 3.05) is 6.54 Å². The first-order valence-electron chi connectivity index (χ1n) is 5.74. The van der Waals surface area contributed by atoms with Crippen LogP contribution in [0, 0.1) is 6.92 Å². The molecule has 1 aromatic rings. The van der Waals surface area contributed by atoms with Crippen molar-refractivity contribution in [3.05, 3.63) is 29.3 Å². The van der Waals surface area contributed by atoms with Crippen LogP contribution in [0.1, 0.15) is 36.2 Å². The first-order valence-corrected chi connectivity index (χ1v) is 5.74. The second kappa shape index (κ2) is 5.19. The Bertz CT molecular complexity index is 412. The largest absolute Gasteiger partial charge is 0.507 e. The van der Waals surface area contributed by atoms with Crippen LogP contribution in [0.5, 0.6) is 5.75 Å². The second-order valence-electron chi connectivity index (χ2n) is 4.54. The van der Waals surface area contributed by atoms with Crippen molar-refractivity contribution in [1.29, 1.82) is 0 Å². The summed E-state index contributed by atoms with van der Waals surface area (Å²) in [5.74, 6) is -0.263. The Morgan fingerprint density at radius 3 is 2.71 bits per heavy atom. The molecule has 4 heteroatoms. The van der Waals surface area contributed by atoms with E-state index in [0.29, 0.717) is 12.1 Å². The van der Waals surface area contributed by atoms with Gasteiger partial charge in [-0.1, -0.05) is 19.1 Å². The van der Waals surface area contributed by atoms with E-state index >= 15 is 0 Å². The van der Waals surface area contributed by atoms with Crippen LogP contribution in [-0.2, 0) is 0 Å². The lowest BCUT2D eigenvalue weighted by Crippen LogP contribution is -2.50. The van der Waals surface area contributed by atoms with Gasteiger partial charge in [0.15, 0.2) is 0 Å². The zero-order valence-electron chi connectivity index (χ0n) is 10.6. The zero-order chi connectivity index (χ0) is 13.1. The minimum absolute atomic E-state index is 0.0282. The fourth-order valence-corrected chi connectivity index (χ4v) is 1.47. The maximum atomic E-state index is 12.0. The smallest absolute Gasteiger partial charge is 0.255 e. The van der Waals surface area contributed by atoms with Gasteiger partial charge in [-0.15, -0.1) is 0 Å². The molecule has 4 nitrogen and oxygen atoms in total. The van der Waals surface area contributed by atoms with Gasteiger partial charge in [-0.3, -0.25) is 4.79 Å². The molecule has 1 unspecified atom stereocenters. The second-order valence-corrected chi connectivity index (χ2v) is 4.54. The van der Waals surface area contributed by atoms with E-state index in [9.17, 15) is 9.90 Å². The molecule has 4 N–H and O–H groups in total. The molecule has 0 aliphatic rings. The summed E-state index contributed by atoms with van der Waals surface area (Å²) in [4.78, 5) is 12.0. The van der Waals surface area contributed by atoms with Gasteiger partial charge in [0, 0.05) is 12.1 Å². The number of phenolic OH excluding ortho intramolecular Hbond substituents is 1. The minimum atomic E-state index is -0.437. The molecule has 1 amide bonds. The lowest BCUT2D eigenvalue weighted by Gasteiger charge is -2.28. The van der Waals surface area contributed by atoms with Crippen molar-refractivity contribution in [2.45, 2.75) is 32.7 Å². The van der Waals surface area contributed by atoms with E-state index in [0.717, 1.165) is 6.42 Å². The average molecular weight is 236 g/mol. The quantitative estimate of drug-likeness (QED) is 0.742. The topological polar surface area (TPSA) is 75.3 Å². The Balaban J connectivity index is 2.94. The molecule has 0 aromatic heterocycles. The van der Waals surface area contributed by atoms with E-state index < -0.39 is 5.54 Å². The number of aromatic hydroxyl groups is 1. The van der Waals surface area contributed by atoms with Crippen LogP contribution in [0.4, 0.5) is 0 Å². The van der Waals surface area contributed by atoms with Crippen molar-refractivity contribution >= 4 is 5.91 Å². The fourth-order valence-electron chi connectivity index (χ4n) is 1.47. The van der Waals surface area contributed by atoms with Crippen molar-refractivity contribution in [3.8, 4) is 5.75 Å². The molecule has 17 heavy (non-hydrogen) atoms. The fraction of sp³-hybridized carbons (Fsp3) is 0.462. The molecule has 0 saturated carbocycles. The van der Waals surface area contributed by atoms with E-state index in [1.54, 1.807) is 25.1 Å². The minimum Gasteiger partial charge on any atom is -0.507 e. The number of carbonyl (C=O) groups is 1. The number of phenols is 1. The molecule has 1 atom stereocenters. The average Bonchev–Trinajstić information content (AvgIpc) is 2.32. The van der Waals surface area contributed by atoms with Crippen LogP contribution in [0.25, 0.3) is 0 Å².